The molecule has 0 spiro atoms. The topological polar surface area (TPSA) is 93.8 Å². The van der Waals surface area contributed by atoms with Crippen molar-refractivity contribution >= 4 is 22.5 Å². The van der Waals surface area contributed by atoms with Crippen LogP contribution in [0.3, 0.4) is 0 Å². The number of benzene rings is 1. The number of carbonyl (C=O) groups is 1. The van der Waals surface area contributed by atoms with E-state index in [1.807, 2.05) is 19.1 Å². The third-order valence-electron chi connectivity index (χ3n) is 4.96. The first kappa shape index (κ1) is 17.4. The monoisotopic (exact) mass is 389 g/mol. The fraction of sp³-hybridized carbons (Fsp3) is 0.190. The Morgan fingerprint density at radius 1 is 1.24 bits per heavy atom. The fourth-order valence-corrected chi connectivity index (χ4v) is 3.11. The molecule has 3 aromatic heterocycles. The van der Waals surface area contributed by atoms with Crippen molar-refractivity contribution in [2.45, 2.75) is 25.4 Å². The normalized spacial score (nSPS) is 18.0. The van der Waals surface area contributed by atoms with Gasteiger partial charge in [-0.05, 0) is 37.1 Å². The summed E-state index contributed by atoms with van der Waals surface area (Å²) in [5.74, 6) is 0.105. The minimum atomic E-state index is -0.901. The highest BCUT2D eigenvalue weighted by atomic mass is 19.1. The lowest BCUT2D eigenvalue weighted by Gasteiger charge is -2.10. The van der Waals surface area contributed by atoms with Gasteiger partial charge in [0, 0.05) is 35.2 Å². The zero-order valence-electron chi connectivity index (χ0n) is 15.5. The van der Waals surface area contributed by atoms with Crippen LogP contribution in [0.2, 0.25) is 0 Å². The summed E-state index contributed by atoms with van der Waals surface area (Å²) in [6.07, 6.45) is 4.38. The molecule has 4 aromatic rings. The molecule has 0 saturated heterocycles. The summed E-state index contributed by atoms with van der Waals surface area (Å²) >= 11 is 0. The van der Waals surface area contributed by atoms with E-state index in [2.05, 4.69) is 25.4 Å². The van der Waals surface area contributed by atoms with Crippen LogP contribution in [0.25, 0.3) is 22.3 Å². The summed E-state index contributed by atoms with van der Waals surface area (Å²) in [5, 5.41) is 7.63. The molecule has 144 valence electrons. The van der Waals surface area contributed by atoms with Crippen molar-refractivity contribution in [2.75, 3.05) is 5.32 Å². The number of rotatable bonds is 4. The van der Waals surface area contributed by atoms with Crippen LogP contribution < -0.4 is 5.32 Å². The summed E-state index contributed by atoms with van der Waals surface area (Å²) in [6.45, 7) is 1.89. The number of aryl methyl sites for hydroxylation is 1. The molecule has 0 radical (unpaired) electrons. The lowest BCUT2D eigenvalue weighted by atomic mass is 10.1. The van der Waals surface area contributed by atoms with Crippen molar-refractivity contribution in [3.8, 4) is 11.4 Å². The number of hydrogen-bond donors (Lipinski definition) is 1. The predicted octanol–water partition coefficient (Wildman–Crippen LogP) is 4.07. The zero-order chi connectivity index (χ0) is 20.0. The van der Waals surface area contributed by atoms with Gasteiger partial charge in [-0.1, -0.05) is 17.3 Å². The second kappa shape index (κ2) is 6.73. The number of nitrogens with zero attached hydrogens (tertiary/aromatic N) is 4. The lowest BCUT2D eigenvalue weighted by Crippen LogP contribution is -2.13. The molecule has 2 atom stereocenters. The Balaban J connectivity index is 1.40. The predicted molar refractivity (Wildman–Crippen MR) is 104 cm³/mol. The number of aromatic nitrogens is 4. The van der Waals surface area contributed by atoms with Crippen molar-refractivity contribution in [1.82, 2.24) is 20.1 Å². The second-order valence-corrected chi connectivity index (χ2v) is 7.09. The molecule has 8 heteroatoms. The molecular weight excluding hydrogens is 373 g/mol. The van der Waals surface area contributed by atoms with E-state index in [4.69, 9.17) is 4.52 Å². The molecule has 0 aliphatic heterocycles. The Hall–Kier alpha value is -3.68. The standard InChI is InChI=1S/C21H16FN5O2/c1-11-2-3-12(19-26-21(29-27-19)15-8-16(15)22)7-18(11)25-20(28)14-6-13-9-23-5-4-17(13)24-10-14/h2-7,9-10,15-16H,8H2,1H3,(H,25,28)/t15-,16-/m0/s1. The molecule has 0 bridgehead atoms. The largest absolute Gasteiger partial charge is 0.339 e. The number of nitrogens with one attached hydrogen (secondary N) is 1. The van der Waals surface area contributed by atoms with Gasteiger partial charge in [0.2, 0.25) is 11.7 Å². The second-order valence-electron chi connectivity index (χ2n) is 7.09. The maximum Gasteiger partial charge on any atom is 0.257 e. The van der Waals surface area contributed by atoms with Crippen LogP contribution in [0.15, 0.2) is 53.4 Å². The molecule has 0 unspecified atom stereocenters. The summed E-state index contributed by atoms with van der Waals surface area (Å²) in [7, 11) is 0. The van der Waals surface area contributed by atoms with Gasteiger partial charge >= 0.3 is 0 Å². The van der Waals surface area contributed by atoms with Crippen LogP contribution in [-0.4, -0.2) is 32.2 Å². The summed E-state index contributed by atoms with van der Waals surface area (Å²) < 4.78 is 18.4. The van der Waals surface area contributed by atoms with Crippen LogP contribution >= 0.6 is 0 Å². The van der Waals surface area contributed by atoms with E-state index >= 15 is 0 Å². The van der Waals surface area contributed by atoms with Gasteiger partial charge in [-0.15, -0.1) is 0 Å². The highest BCUT2D eigenvalue weighted by Crippen LogP contribution is 2.43. The van der Waals surface area contributed by atoms with E-state index in [1.165, 1.54) is 6.20 Å². The highest BCUT2D eigenvalue weighted by molar-refractivity contribution is 6.06. The quantitative estimate of drug-likeness (QED) is 0.566. The van der Waals surface area contributed by atoms with E-state index < -0.39 is 6.17 Å². The summed E-state index contributed by atoms with van der Waals surface area (Å²) in [6, 6.07) is 9.01. The van der Waals surface area contributed by atoms with E-state index in [0.29, 0.717) is 35.0 Å². The van der Waals surface area contributed by atoms with Gasteiger partial charge in [-0.25, -0.2) is 4.39 Å². The van der Waals surface area contributed by atoms with Gasteiger partial charge in [0.05, 0.1) is 17.0 Å². The number of carbonyl (C=O) groups excluding carboxylic acids is 1. The first-order valence-electron chi connectivity index (χ1n) is 9.18. The number of hydrogen-bond acceptors (Lipinski definition) is 6. The minimum absolute atomic E-state index is 0.282. The van der Waals surface area contributed by atoms with Gasteiger partial charge in [0.1, 0.15) is 6.17 Å². The van der Waals surface area contributed by atoms with Gasteiger partial charge in [0.15, 0.2) is 0 Å². The Morgan fingerprint density at radius 3 is 2.93 bits per heavy atom. The number of pyridine rings is 2. The minimum Gasteiger partial charge on any atom is -0.339 e. The van der Waals surface area contributed by atoms with E-state index in [-0.39, 0.29) is 11.8 Å². The SMILES string of the molecule is Cc1ccc(-c2noc([C@H]3C[C@@H]3F)n2)cc1NC(=O)c1cnc2ccncc2c1. The van der Waals surface area contributed by atoms with Gasteiger partial charge < -0.3 is 9.84 Å². The molecular formula is C21H16FN5O2. The van der Waals surface area contributed by atoms with Gasteiger partial charge in [-0.3, -0.25) is 14.8 Å². The molecule has 1 aromatic carbocycles. The Labute approximate surface area is 165 Å². The van der Waals surface area contributed by atoms with Crippen LogP contribution in [-0.2, 0) is 0 Å². The Morgan fingerprint density at radius 2 is 2.10 bits per heavy atom. The highest BCUT2D eigenvalue weighted by Gasteiger charge is 2.43. The molecule has 1 N–H and O–H groups in total. The number of fused-ring (bicyclic) bond motifs is 1. The van der Waals surface area contributed by atoms with Crippen molar-refractivity contribution in [3.63, 3.8) is 0 Å². The van der Waals surface area contributed by atoms with Gasteiger partial charge in [0.25, 0.3) is 5.91 Å². The number of anilines is 1. The average Bonchev–Trinajstić information content (AvgIpc) is 3.26. The number of halogens is 1. The van der Waals surface area contributed by atoms with E-state index in [1.54, 1.807) is 30.6 Å². The van der Waals surface area contributed by atoms with Crippen LogP contribution in [0, 0.1) is 6.92 Å². The van der Waals surface area contributed by atoms with Crippen molar-refractivity contribution < 1.29 is 13.7 Å². The van der Waals surface area contributed by atoms with E-state index in [9.17, 15) is 9.18 Å². The molecule has 1 fully saturated rings. The third-order valence-corrected chi connectivity index (χ3v) is 4.96. The molecule has 1 aliphatic carbocycles. The molecule has 5 rings (SSSR count). The van der Waals surface area contributed by atoms with Crippen molar-refractivity contribution in [1.29, 1.82) is 0 Å². The van der Waals surface area contributed by atoms with Crippen molar-refractivity contribution in [2.24, 2.45) is 0 Å². The van der Waals surface area contributed by atoms with Crippen LogP contribution in [0.1, 0.15) is 34.2 Å². The molecule has 1 amide bonds. The Bertz CT molecular complexity index is 1240. The molecule has 1 aliphatic rings. The van der Waals surface area contributed by atoms with Gasteiger partial charge in [-0.2, -0.15) is 4.98 Å². The van der Waals surface area contributed by atoms with Crippen molar-refractivity contribution in [3.05, 3.63) is 65.9 Å². The number of alkyl halides is 1. The summed E-state index contributed by atoms with van der Waals surface area (Å²) in [5.41, 5.74) is 3.39. The zero-order valence-corrected chi connectivity index (χ0v) is 15.5. The fourth-order valence-electron chi connectivity index (χ4n) is 3.11. The Kier molecular flexibility index (Phi) is 4.04. The lowest BCUT2D eigenvalue weighted by molar-refractivity contribution is 0.102. The average molecular weight is 389 g/mol. The number of amides is 1. The maximum absolute atomic E-state index is 13.2. The third kappa shape index (κ3) is 3.33. The molecule has 29 heavy (non-hydrogen) atoms. The molecule has 3 heterocycles. The molecule has 1 saturated carbocycles. The molecule has 7 nitrogen and oxygen atoms in total. The van der Waals surface area contributed by atoms with E-state index in [0.717, 1.165) is 16.5 Å². The summed E-state index contributed by atoms with van der Waals surface area (Å²) in [4.78, 5) is 25.4. The van der Waals surface area contributed by atoms with Crippen LogP contribution in [0.5, 0.6) is 0 Å². The first-order valence-corrected chi connectivity index (χ1v) is 9.18. The maximum atomic E-state index is 13.2. The smallest absolute Gasteiger partial charge is 0.257 e. The van der Waals surface area contributed by atoms with Crippen LogP contribution in [0.4, 0.5) is 10.1 Å². The first-order chi connectivity index (χ1) is 14.1.